The lowest BCUT2D eigenvalue weighted by atomic mass is 10.2. The number of hydrogen-bond donors (Lipinski definition) is 2. The molecule has 0 saturated carbocycles. The number of methoxy groups -OCH3 is 1. The Balaban J connectivity index is 1.88. The van der Waals surface area contributed by atoms with Crippen molar-refractivity contribution >= 4 is 32.6 Å². The van der Waals surface area contributed by atoms with E-state index in [-0.39, 0.29) is 16.5 Å². The lowest BCUT2D eigenvalue weighted by Crippen LogP contribution is -2.26. The van der Waals surface area contributed by atoms with Crippen molar-refractivity contribution < 1.29 is 22.4 Å². The van der Waals surface area contributed by atoms with Crippen molar-refractivity contribution in [3.05, 3.63) is 54.3 Å². The van der Waals surface area contributed by atoms with Crippen LogP contribution in [0, 0.1) is 0 Å². The van der Waals surface area contributed by atoms with Gasteiger partial charge in [0.15, 0.2) is 0 Å². The van der Waals surface area contributed by atoms with Gasteiger partial charge in [-0.15, -0.1) is 0 Å². The second-order valence-electron chi connectivity index (χ2n) is 6.07. The molecular formula is C19H20N2O5S. The zero-order valence-electron chi connectivity index (χ0n) is 15.1. The van der Waals surface area contributed by atoms with Crippen LogP contribution in [0.25, 0.3) is 11.0 Å². The Labute approximate surface area is 157 Å². The summed E-state index contributed by atoms with van der Waals surface area (Å²) < 4.78 is 39.0. The predicted octanol–water partition coefficient (Wildman–Crippen LogP) is 3.44. The number of sulfonamides is 1. The van der Waals surface area contributed by atoms with Gasteiger partial charge in [0.2, 0.25) is 15.9 Å². The second kappa shape index (κ2) is 7.42. The molecule has 8 heteroatoms. The lowest BCUT2D eigenvalue weighted by Gasteiger charge is -2.14. The number of ether oxygens (including phenoxy) is 1. The molecule has 0 aliphatic carbocycles. The summed E-state index contributed by atoms with van der Waals surface area (Å²) in [6, 6.07) is 12.9. The highest BCUT2D eigenvalue weighted by Crippen LogP contribution is 2.29. The van der Waals surface area contributed by atoms with Gasteiger partial charge in [-0.05, 0) is 37.3 Å². The summed E-state index contributed by atoms with van der Waals surface area (Å²) >= 11 is 0. The van der Waals surface area contributed by atoms with Gasteiger partial charge in [0.25, 0.3) is 0 Å². The van der Waals surface area contributed by atoms with Crippen molar-refractivity contribution in [3.63, 3.8) is 0 Å². The Kier molecular flexibility index (Phi) is 5.20. The Morgan fingerprint density at radius 3 is 2.56 bits per heavy atom. The summed E-state index contributed by atoms with van der Waals surface area (Å²) in [7, 11) is -2.40. The number of furan rings is 1. The molecule has 3 aromatic rings. The van der Waals surface area contributed by atoms with Crippen LogP contribution in [-0.2, 0) is 14.8 Å². The number of para-hydroxylation sites is 1. The molecule has 2 N–H and O–H groups in total. The Bertz CT molecular complexity index is 1060. The molecule has 1 amide bonds. The van der Waals surface area contributed by atoms with E-state index in [0.717, 1.165) is 5.39 Å². The molecule has 0 saturated heterocycles. The van der Waals surface area contributed by atoms with Crippen LogP contribution >= 0.6 is 0 Å². The minimum atomic E-state index is -3.85. The molecule has 3 rings (SSSR count). The van der Waals surface area contributed by atoms with E-state index in [1.807, 2.05) is 24.3 Å². The minimum absolute atomic E-state index is 0.00927. The van der Waals surface area contributed by atoms with Gasteiger partial charge < -0.3 is 14.5 Å². The largest absolute Gasteiger partial charge is 0.495 e. The molecule has 142 valence electrons. The molecule has 0 spiro atoms. The van der Waals surface area contributed by atoms with Crippen LogP contribution in [0.3, 0.4) is 0 Å². The molecule has 0 aliphatic heterocycles. The lowest BCUT2D eigenvalue weighted by molar-refractivity contribution is -0.114. The molecule has 0 fully saturated rings. The maximum Gasteiger partial charge on any atom is 0.241 e. The average Bonchev–Trinajstić information content (AvgIpc) is 3.05. The minimum Gasteiger partial charge on any atom is -0.495 e. The highest BCUT2D eigenvalue weighted by molar-refractivity contribution is 7.89. The van der Waals surface area contributed by atoms with Crippen LogP contribution in [0.1, 0.15) is 25.6 Å². The molecule has 1 atom stereocenters. The van der Waals surface area contributed by atoms with Crippen molar-refractivity contribution in [3.8, 4) is 5.75 Å². The topological polar surface area (TPSA) is 97.6 Å². The summed E-state index contributed by atoms with van der Waals surface area (Å²) in [4.78, 5) is 11.4. The summed E-state index contributed by atoms with van der Waals surface area (Å²) in [5, 5.41) is 3.46. The third kappa shape index (κ3) is 4.12. The van der Waals surface area contributed by atoms with E-state index in [1.54, 1.807) is 13.0 Å². The number of fused-ring (bicyclic) bond motifs is 1. The molecule has 0 radical (unpaired) electrons. The van der Waals surface area contributed by atoms with Crippen LogP contribution in [0.4, 0.5) is 5.69 Å². The van der Waals surface area contributed by atoms with Gasteiger partial charge in [0, 0.05) is 12.3 Å². The number of nitrogens with one attached hydrogen (secondary N) is 2. The fourth-order valence-corrected chi connectivity index (χ4v) is 3.95. The summed E-state index contributed by atoms with van der Waals surface area (Å²) in [5.74, 6) is 0.552. The molecular weight excluding hydrogens is 368 g/mol. The van der Waals surface area contributed by atoms with Crippen molar-refractivity contribution in [2.75, 3.05) is 12.4 Å². The third-order valence-corrected chi connectivity index (χ3v) is 5.53. The normalized spacial score (nSPS) is 12.7. The Morgan fingerprint density at radius 2 is 1.89 bits per heavy atom. The Morgan fingerprint density at radius 1 is 1.15 bits per heavy atom. The van der Waals surface area contributed by atoms with Crippen LogP contribution in [0.2, 0.25) is 0 Å². The van der Waals surface area contributed by atoms with E-state index in [1.165, 1.54) is 32.2 Å². The molecule has 0 aliphatic rings. The highest BCUT2D eigenvalue weighted by Gasteiger charge is 2.22. The van der Waals surface area contributed by atoms with Crippen molar-refractivity contribution in [1.29, 1.82) is 0 Å². The van der Waals surface area contributed by atoms with Gasteiger partial charge in [-0.25, -0.2) is 13.1 Å². The summed E-state index contributed by atoms with van der Waals surface area (Å²) in [5.41, 5.74) is 0.972. The molecule has 2 aromatic carbocycles. The first-order valence-electron chi connectivity index (χ1n) is 8.26. The Hall–Kier alpha value is -2.84. The number of rotatable bonds is 6. The molecule has 0 bridgehead atoms. The number of amides is 1. The molecule has 0 unspecified atom stereocenters. The summed E-state index contributed by atoms with van der Waals surface area (Å²) in [6.07, 6.45) is 0. The average molecular weight is 388 g/mol. The molecule has 1 aromatic heterocycles. The number of carbonyl (C=O) groups is 1. The maximum absolute atomic E-state index is 12.8. The zero-order chi connectivity index (χ0) is 19.6. The van der Waals surface area contributed by atoms with Crippen LogP contribution in [-0.4, -0.2) is 21.4 Å². The van der Waals surface area contributed by atoms with Gasteiger partial charge >= 0.3 is 0 Å². The van der Waals surface area contributed by atoms with E-state index in [0.29, 0.717) is 17.1 Å². The fourth-order valence-electron chi connectivity index (χ4n) is 2.72. The highest BCUT2D eigenvalue weighted by atomic mass is 32.2. The van der Waals surface area contributed by atoms with Gasteiger partial charge in [0.05, 0.1) is 23.7 Å². The molecule has 27 heavy (non-hydrogen) atoms. The predicted molar refractivity (Wildman–Crippen MR) is 102 cm³/mol. The van der Waals surface area contributed by atoms with Gasteiger partial charge in [-0.2, -0.15) is 0 Å². The van der Waals surface area contributed by atoms with E-state index in [9.17, 15) is 13.2 Å². The number of carbonyl (C=O) groups excluding carboxylic acids is 1. The standard InChI is InChI=1S/C19H20N2O5S/c1-12(19-10-14-6-4-5-7-17(14)26-19)21-27(23,24)15-8-9-18(25-3)16(11-15)20-13(2)22/h4-12,21H,1-3H3,(H,20,22)/t12-/m0/s1. The first kappa shape index (κ1) is 18.9. The first-order valence-corrected chi connectivity index (χ1v) is 9.75. The van der Waals surface area contributed by atoms with E-state index in [2.05, 4.69) is 10.0 Å². The van der Waals surface area contributed by atoms with Gasteiger partial charge in [0.1, 0.15) is 17.1 Å². The number of benzene rings is 2. The summed E-state index contributed by atoms with van der Waals surface area (Å²) in [6.45, 7) is 3.04. The second-order valence-corrected chi connectivity index (χ2v) is 7.79. The third-order valence-electron chi connectivity index (χ3n) is 4.00. The van der Waals surface area contributed by atoms with Crippen molar-refractivity contribution in [2.45, 2.75) is 24.8 Å². The number of hydrogen-bond acceptors (Lipinski definition) is 5. The van der Waals surface area contributed by atoms with Crippen molar-refractivity contribution in [1.82, 2.24) is 4.72 Å². The zero-order valence-corrected chi connectivity index (χ0v) is 16.0. The van der Waals surface area contributed by atoms with Gasteiger partial charge in [-0.1, -0.05) is 18.2 Å². The van der Waals surface area contributed by atoms with E-state index < -0.39 is 16.1 Å². The van der Waals surface area contributed by atoms with Crippen LogP contribution in [0.5, 0.6) is 5.75 Å². The van der Waals surface area contributed by atoms with Crippen LogP contribution in [0.15, 0.2) is 57.8 Å². The SMILES string of the molecule is COc1ccc(S(=O)(=O)N[C@@H](C)c2cc3ccccc3o2)cc1NC(C)=O. The van der Waals surface area contributed by atoms with Gasteiger partial charge in [-0.3, -0.25) is 4.79 Å². The quantitative estimate of drug-likeness (QED) is 0.674. The van der Waals surface area contributed by atoms with Crippen LogP contribution < -0.4 is 14.8 Å². The smallest absolute Gasteiger partial charge is 0.241 e. The van der Waals surface area contributed by atoms with Crippen molar-refractivity contribution in [2.24, 2.45) is 0 Å². The maximum atomic E-state index is 12.8. The number of anilines is 1. The first-order chi connectivity index (χ1) is 12.8. The van der Waals surface area contributed by atoms with E-state index >= 15 is 0 Å². The fraction of sp³-hybridized carbons (Fsp3) is 0.211. The monoisotopic (exact) mass is 388 g/mol. The van der Waals surface area contributed by atoms with E-state index in [4.69, 9.17) is 9.15 Å². The molecule has 1 heterocycles. The molecule has 7 nitrogen and oxygen atoms in total.